The third kappa shape index (κ3) is 8.52. The number of aromatic nitrogens is 2. The molecule has 44 heavy (non-hydrogen) atoms. The van der Waals surface area contributed by atoms with Crippen LogP contribution in [-0.4, -0.2) is 48.0 Å². The van der Waals surface area contributed by atoms with Crippen molar-refractivity contribution in [2.24, 2.45) is 22.0 Å². The number of benzene rings is 2. The molecule has 1 unspecified atom stereocenters. The van der Waals surface area contributed by atoms with Crippen LogP contribution in [0.3, 0.4) is 0 Å². The van der Waals surface area contributed by atoms with Gasteiger partial charge in [0.05, 0.1) is 30.2 Å². The van der Waals surface area contributed by atoms with Gasteiger partial charge in [0.2, 0.25) is 11.8 Å². The van der Waals surface area contributed by atoms with Crippen LogP contribution in [0.15, 0.2) is 58.9 Å². The Kier molecular flexibility index (Phi) is 10.8. The molecule has 0 radical (unpaired) electrons. The second kappa shape index (κ2) is 14.9. The molecule has 0 fully saturated rings. The first-order valence-electron chi connectivity index (χ1n) is 13.8. The minimum Gasteiger partial charge on any atom is -0.453 e. The van der Waals surface area contributed by atoms with Crippen molar-refractivity contribution in [1.29, 1.82) is 0 Å². The number of halogens is 1. The normalized spacial score (nSPS) is 17.0. The number of carbonyl (C=O) groups is 3. The summed E-state index contributed by atoms with van der Waals surface area (Å²) in [5.74, 6) is 6.21. The van der Waals surface area contributed by atoms with E-state index >= 15 is 0 Å². The van der Waals surface area contributed by atoms with Gasteiger partial charge in [-0.05, 0) is 54.8 Å². The third-order valence-corrected chi connectivity index (χ3v) is 7.14. The quantitative estimate of drug-likeness (QED) is 0.0787. The van der Waals surface area contributed by atoms with Crippen molar-refractivity contribution in [3.8, 4) is 11.3 Å². The van der Waals surface area contributed by atoms with E-state index in [1.807, 2.05) is 6.92 Å². The molecule has 0 saturated carbocycles. The molecular formula is C30H34ClN9O4. The minimum atomic E-state index is -0.630. The van der Waals surface area contributed by atoms with Crippen molar-refractivity contribution in [3.05, 3.63) is 65.1 Å². The number of fused-ring (bicyclic) bond motifs is 4. The Morgan fingerprint density at radius 2 is 2.07 bits per heavy atom. The second-order valence-electron chi connectivity index (χ2n) is 10.2. The fraction of sp³-hybridized carbons (Fsp3) is 0.267. The summed E-state index contributed by atoms with van der Waals surface area (Å²) in [6.07, 6.45) is 7.79. The number of hydrogen-bond acceptors (Lipinski definition) is 8. The molecule has 230 valence electrons. The number of anilines is 3. The van der Waals surface area contributed by atoms with Crippen LogP contribution in [0.2, 0.25) is 5.02 Å². The summed E-state index contributed by atoms with van der Waals surface area (Å²) in [5, 5.41) is 17.4. The van der Waals surface area contributed by atoms with Crippen molar-refractivity contribution >= 4 is 65.7 Å². The number of H-pyrrole nitrogens is 1. The highest BCUT2D eigenvalue weighted by Gasteiger charge is 2.22. The number of nitrogens with one attached hydrogen (secondary N) is 4. The van der Waals surface area contributed by atoms with Crippen LogP contribution in [0.4, 0.5) is 21.9 Å². The smallest absolute Gasteiger partial charge is 0.411 e. The average molecular weight is 620 g/mol. The molecule has 1 aliphatic rings. The average Bonchev–Trinajstić information content (AvgIpc) is 3.48. The van der Waals surface area contributed by atoms with E-state index in [9.17, 15) is 14.4 Å². The molecule has 2 aromatic carbocycles. The summed E-state index contributed by atoms with van der Waals surface area (Å²) in [6, 6.07) is 9.70. The lowest BCUT2D eigenvalue weighted by atomic mass is 9.98. The summed E-state index contributed by atoms with van der Waals surface area (Å²) in [5.41, 5.74) is 3.27. The van der Waals surface area contributed by atoms with Gasteiger partial charge in [-0.1, -0.05) is 31.4 Å². The highest BCUT2D eigenvalue weighted by molar-refractivity contribution is 6.30. The number of hydrazine groups is 1. The highest BCUT2D eigenvalue weighted by Crippen LogP contribution is 2.32. The molecule has 1 aromatic heterocycles. The van der Waals surface area contributed by atoms with E-state index in [1.165, 1.54) is 24.5 Å². The SMILES string of the molecule is C=N/N=C\N(N)c1ccc(Cl)cc1/C=C/C(=O)N[C@H]1CCCC(C)CC(=O)Nc2cc(NC(=O)OC)ccc2-c2c[nH]c1n2. The number of rotatable bonds is 7. The van der Waals surface area contributed by atoms with Gasteiger partial charge in [0.15, 0.2) is 0 Å². The monoisotopic (exact) mass is 619 g/mol. The first-order chi connectivity index (χ1) is 21.2. The third-order valence-electron chi connectivity index (χ3n) is 6.91. The molecule has 2 bridgehead atoms. The molecule has 0 spiro atoms. The zero-order valence-corrected chi connectivity index (χ0v) is 25.1. The fourth-order valence-corrected chi connectivity index (χ4v) is 4.95. The van der Waals surface area contributed by atoms with Crippen LogP contribution in [-0.2, 0) is 14.3 Å². The molecule has 4 rings (SSSR count). The first-order valence-corrected chi connectivity index (χ1v) is 14.2. The topological polar surface area (TPSA) is 179 Å². The molecule has 3 aromatic rings. The van der Waals surface area contributed by atoms with E-state index in [1.54, 1.807) is 48.7 Å². The van der Waals surface area contributed by atoms with Crippen LogP contribution in [0.5, 0.6) is 0 Å². The Labute approximate surface area is 259 Å². The maximum atomic E-state index is 13.2. The zero-order valence-electron chi connectivity index (χ0n) is 24.3. The van der Waals surface area contributed by atoms with E-state index in [0.29, 0.717) is 57.6 Å². The largest absolute Gasteiger partial charge is 0.453 e. The lowest BCUT2D eigenvalue weighted by molar-refractivity contribution is -0.117. The summed E-state index contributed by atoms with van der Waals surface area (Å²) in [6.45, 7) is 5.30. The number of carbonyl (C=O) groups excluding carboxylic acids is 3. The van der Waals surface area contributed by atoms with E-state index in [-0.39, 0.29) is 17.7 Å². The zero-order chi connectivity index (χ0) is 31.6. The number of nitrogens with zero attached hydrogens (tertiary/aromatic N) is 4. The van der Waals surface area contributed by atoms with Gasteiger partial charge in [0.1, 0.15) is 12.2 Å². The van der Waals surface area contributed by atoms with E-state index in [0.717, 1.165) is 12.8 Å². The van der Waals surface area contributed by atoms with Gasteiger partial charge in [0.25, 0.3) is 0 Å². The van der Waals surface area contributed by atoms with Gasteiger partial charge in [-0.15, -0.1) is 5.10 Å². The Morgan fingerprint density at radius 3 is 2.84 bits per heavy atom. The number of imidazole rings is 1. The fourth-order valence-electron chi connectivity index (χ4n) is 4.77. The van der Waals surface area contributed by atoms with Gasteiger partial charge < -0.3 is 20.4 Å². The van der Waals surface area contributed by atoms with E-state index in [4.69, 9.17) is 22.4 Å². The number of ether oxygens (including phenoxy) is 1. The van der Waals surface area contributed by atoms with E-state index in [2.05, 4.69) is 42.6 Å². The standard InChI is InChI=1S/C30H34ClN9O4/c1-18-5-4-6-23(37-27(41)12-7-19-14-20(31)8-11-26(19)40(32)17-35-33-2)29-34-16-25(39-29)22-10-9-21(36-30(43)44-3)15-24(22)38-28(42)13-18/h7-12,14-18,23H,2,4-6,13,32H2,1,3H3,(H,34,39)(H,36,43)(H,37,41)(H,38,42)/b12-7+,35-17-/t18?,23-/m0/s1. The van der Waals surface area contributed by atoms with Crippen molar-refractivity contribution in [1.82, 2.24) is 15.3 Å². The molecule has 14 heteroatoms. The predicted octanol–water partition coefficient (Wildman–Crippen LogP) is 5.25. The van der Waals surface area contributed by atoms with Crippen LogP contribution in [0.1, 0.15) is 50.0 Å². The predicted molar refractivity (Wildman–Crippen MR) is 172 cm³/mol. The maximum Gasteiger partial charge on any atom is 0.411 e. The number of aromatic amines is 1. The Morgan fingerprint density at radius 1 is 1.25 bits per heavy atom. The molecule has 1 aliphatic heterocycles. The Balaban J connectivity index is 1.60. The summed E-state index contributed by atoms with van der Waals surface area (Å²) in [4.78, 5) is 45.8. The van der Waals surface area contributed by atoms with Crippen molar-refractivity contribution < 1.29 is 19.1 Å². The van der Waals surface area contributed by atoms with Gasteiger partial charge in [-0.25, -0.2) is 15.6 Å². The Bertz CT molecular complexity index is 1590. The number of amides is 3. The molecule has 2 atom stereocenters. The van der Waals surface area contributed by atoms with Crippen molar-refractivity contribution in [2.75, 3.05) is 22.8 Å². The maximum absolute atomic E-state index is 13.2. The second-order valence-corrected chi connectivity index (χ2v) is 10.6. The lowest BCUT2D eigenvalue weighted by Crippen LogP contribution is -2.29. The minimum absolute atomic E-state index is 0.0958. The van der Waals surface area contributed by atoms with Gasteiger partial charge >= 0.3 is 6.09 Å². The van der Waals surface area contributed by atoms with Crippen molar-refractivity contribution in [3.63, 3.8) is 0 Å². The molecule has 13 nitrogen and oxygen atoms in total. The van der Waals surface area contributed by atoms with Crippen LogP contribution in [0, 0.1) is 5.92 Å². The van der Waals surface area contributed by atoms with Crippen LogP contribution < -0.4 is 26.8 Å². The highest BCUT2D eigenvalue weighted by atomic mass is 35.5. The molecule has 0 aliphatic carbocycles. The Hall–Kier alpha value is -5.01. The lowest BCUT2D eigenvalue weighted by Gasteiger charge is -2.18. The summed E-state index contributed by atoms with van der Waals surface area (Å²) in [7, 11) is 1.27. The number of nitrogens with two attached hydrogens (primary N) is 1. The summed E-state index contributed by atoms with van der Waals surface area (Å²) < 4.78 is 4.69. The number of methoxy groups -OCH3 is 1. The van der Waals surface area contributed by atoms with Gasteiger partial charge in [-0.2, -0.15) is 5.10 Å². The first kappa shape index (κ1) is 31.9. The van der Waals surface area contributed by atoms with Crippen LogP contribution in [0.25, 0.3) is 17.3 Å². The summed E-state index contributed by atoms with van der Waals surface area (Å²) >= 11 is 6.20. The van der Waals surface area contributed by atoms with Gasteiger partial charge in [0, 0.05) is 47.2 Å². The van der Waals surface area contributed by atoms with Crippen LogP contribution >= 0.6 is 11.6 Å². The molecule has 6 N–H and O–H groups in total. The molecular weight excluding hydrogens is 586 g/mol. The van der Waals surface area contributed by atoms with Gasteiger partial charge in [-0.3, -0.25) is 19.9 Å². The molecule has 3 amide bonds. The number of hydrogen-bond donors (Lipinski definition) is 5. The molecule has 2 heterocycles. The molecule has 0 saturated heterocycles. The van der Waals surface area contributed by atoms with Crippen molar-refractivity contribution in [2.45, 2.75) is 38.6 Å². The van der Waals surface area contributed by atoms with E-state index < -0.39 is 12.1 Å².